The van der Waals surface area contributed by atoms with Gasteiger partial charge in [-0.25, -0.2) is 13.2 Å². The first kappa shape index (κ1) is 16.1. The number of hydrogen-bond donors (Lipinski definition) is 2. The predicted molar refractivity (Wildman–Crippen MR) is 90.6 cm³/mol. The van der Waals surface area contributed by atoms with Crippen LogP contribution in [-0.4, -0.2) is 51.6 Å². The number of sulfone groups is 1. The molecule has 0 aromatic heterocycles. The first-order chi connectivity index (χ1) is 11.0. The summed E-state index contributed by atoms with van der Waals surface area (Å²) in [6.45, 7) is 2.53. The topological polar surface area (TPSA) is 78.5 Å². The second-order valence-electron chi connectivity index (χ2n) is 6.22. The molecule has 1 aromatic carbocycles. The fourth-order valence-electron chi connectivity index (χ4n) is 3.26. The Morgan fingerprint density at radius 3 is 2.91 bits per heavy atom. The second-order valence-corrected chi connectivity index (χ2v) is 8.45. The molecule has 2 N–H and O–H groups in total. The van der Waals surface area contributed by atoms with Crippen LogP contribution in [0.4, 0.5) is 10.5 Å². The van der Waals surface area contributed by atoms with Crippen molar-refractivity contribution in [3.8, 4) is 0 Å². The highest BCUT2D eigenvalue weighted by atomic mass is 32.2. The zero-order chi connectivity index (χ0) is 16.3. The summed E-state index contributed by atoms with van der Waals surface area (Å²) in [6.07, 6.45) is 2.46. The number of anilines is 1. The highest BCUT2D eigenvalue weighted by Crippen LogP contribution is 2.27. The van der Waals surface area contributed by atoms with E-state index in [0.29, 0.717) is 13.0 Å². The van der Waals surface area contributed by atoms with Crippen LogP contribution in [0.1, 0.15) is 18.4 Å². The minimum atomic E-state index is -2.95. The molecule has 7 heteroatoms. The normalized spacial score (nSPS) is 21.9. The number of para-hydroxylation sites is 1. The molecule has 2 aliphatic rings. The number of carbonyl (C=O) groups is 1. The van der Waals surface area contributed by atoms with Crippen LogP contribution >= 0.6 is 0 Å². The van der Waals surface area contributed by atoms with Crippen LogP contribution in [0.2, 0.25) is 0 Å². The Bertz CT molecular complexity index is 675. The van der Waals surface area contributed by atoms with Gasteiger partial charge in [0.15, 0.2) is 9.84 Å². The lowest BCUT2D eigenvalue weighted by Crippen LogP contribution is -2.43. The van der Waals surface area contributed by atoms with Crippen molar-refractivity contribution in [1.82, 2.24) is 10.6 Å². The number of benzene rings is 1. The number of nitrogens with zero attached hydrogens (tertiary/aromatic N) is 1. The summed E-state index contributed by atoms with van der Waals surface area (Å²) in [6, 6.07) is 7.91. The van der Waals surface area contributed by atoms with Crippen molar-refractivity contribution in [3.63, 3.8) is 0 Å². The van der Waals surface area contributed by atoms with E-state index >= 15 is 0 Å². The Hall–Kier alpha value is -1.76. The molecule has 2 aliphatic heterocycles. The molecule has 0 bridgehead atoms. The first-order valence-electron chi connectivity index (χ1n) is 8.11. The van der Waals surface area contributed by atoms with E-state index in [9.17, 15) is 13.2 Å². The van der Waals surface area contributed by atoms with E-state index in [1.54, 1.807) is 0 Å². The molecule has 3 rings (SSSR count). The standard InChI is InChI=1S/C16H23N3O3S/c20-16(18-14-7-11-23(21,22)12-14)17-8-3-9-19-10-6-13-4-1-2-5-15(13)19/h1-2,4-5,14H,3,6-12H2,(H2,17,18,20)/t14-/m1/s1. The van der Waals surface area contributed by atoms with Gasteiger partial charge in [-0.3, -0.25) is 0 Å². The number of hydrogen-bond acceptors (Lipinski definition) is 4. The van der Waals surface area contributed by atoms with Crippen LogP contribution in [0.5, 0.6) is 0 Å². The van der Waals surface area contributed by atoms with Gasteiger partial charge < -0.3 is 15.5 Å². The fraction of sp³-hybridized carbons (Fsp3) is 0.562. The van der Waals surface area contributed by atoms with E-state index in [0.717, 1.165) is 25.9 Å². The zero-order valence-electron chi connectivity index (χ0n) is 13.1. The third kappa shape index (κ3) is 4.16. The highest BCUT2D eigenvalue weighted by Gasteiger charge is 2.28. The average Bonchev–Trinajstić information content (AvgIpc) is 3.07. The molecular weight excluding hydrogens is 314 g/mol. The fourth-order valence-corrected chi connectivity index (χ4v) is 4.93. The maximum atomic E-state index is 11.8. The van der Waals surface area contributed by atoms with Gasteiger partial charge in [0.2, 0.25) is 0 Å². The van der Waals surface area contributed by atoms with Gasteiger partial charge in [-0.2, -0.15) is 0 Å². The van der Waals surface area contributed by atoms with Crippen molar-refractivity contribution in [2.45, 2.75) is 25.3 Å². The predicted octanol–water partition coefficient (Wildman–Crippen LogP) is 0.925. The van der Waals surface area contributed by atoms with E-state index in [4.69, 9.17) is 0 Å². The van der Waals surface area contributed by atoms with Gasteiger partial charge in [-0.1, -0.05) is 18.2 Å². The summed E-state index contributed by atoms with van der Waals surface area (Å²) in [4.78, 5) is 14.1. The maximum Gasteiger partial charge on any atom is 0.315 e. The summed E-state index contributed by atoms with van der Waals surface area (Å²) < 4.78 is 22.7. The molecule has 1 saturated heterocycles. The molecule has 126 valence electrons. The quantitative estimate of drug-likeness (QED) is 0.784. The molecule has 1 atom stereocenters. The van der Waals surface area contributed by atoms with Crippen LogP contribution in [-0.2, 0) is 16.3 Å². The molecular formula is C16H23N3O3S. The number of nitrogens with one attached hydrogen (secondary N) is 2. The van der Waals surface area contributed by atoms with Crippen LogP contribution in [0.25, 0.3) is 0 Å². The maximum absolute atomic E-state index is 11.8. The lowest BCUT2D eigenvalue weighted by molar-refractivity contribution is 0.238. The number of fused-ring (bicyclic) bond motifs is 1. The Morgan fingerprint density at radius 1 is 1.30 bits per heavy atom. The first-order valence-corrected chi connectivity index (χ1v) is 9.93. The lowest BCUT2D eigenvalue weighted by Gasteiger charge is -2.19. The van der Waals surface area contributed by atoms with E-state index in [1.807, 2.05) is 0 Å². The van der Waals surface area contributed by atoms with Crippen molar-refractivity contribution in [1.29, 1.82) is 0 Å². The Labute approximate surface area is 137 Å². The summed E-state index contributed by atoms with van der Waals surface area (Å²) in [5.41, 5.74) is 2.69. The molecule has 0 saturated carbocycles. The third-order valence-corrected chi connectivity index (χ3v) is 6.21. The van der Waals surface area contributed by atoms with Gasteiger partial charge in [0.05, 0.1) is 11.5 Å². The minimum absolute atomic E-state index is 0.0605. The molecule has 1 aromatic rings. The van der Waals surface area contributed by atoms with Crippen molar-refractivity contribution < 1.29 is 13.2 Å². The Morgan fingerprint density at radius 2 is 2.13 bits per heavy atom. The van der Waals surface area contributed by atoms with E-state index in [1.165, 1.54) is 11.3 Å². The van der Waals surface area contributed by atoms with E-state index in [2.05, 4.69) is 39.8 Å². The van der Waals surface area contributed by atoms with Crippen molar-refractivity contribution in [3.05, 3.63) is 29.8 Å². The molecule has 0 unspecified atom stereocenters. The monoisotopic (exact) mass is 337 g/mol. The Balaban J connectivity index is 1.35. The largest absolute Gasteiger partial charge is 0.371 e. The molecule has 2 amide bonds. The Kier molecular flexibility index (Phi) is 4.75. The number of carbonyl (C=O) groups excluding carboxylic acids is 1. The zero-order valence-corrected chi connectivity index (χ0v) is 13.9. The smallest absolute Gasteiger partial charge is 0.315 e. The minimum Gasteiger partial charge on any atom is -0.371 e. The molecule has 0 aliphatic carbocycles. The van der Waals surface area contributed by atoms with Gasteiger partial charge >= 0.3 is 6.03 Å². The molecule has 0 radical (unpaired) electrons. The molecule has 0 spiro atoms. The van der Waals surface area contributed by atoms with Crippen LogP contribution in [0, 0.1) is 0 Å². The third-order valence-electron chi connectivity index (χ3n) is 4.44. The summed E-state index contributed by atoms with van der Waals surface area (Å²) in [5, 5.41) is 5.55. The van der Waals surface area contributed by atoms with Crippen LogP contribution < -0.4 is 15.5 Å². The number of urea groups is 1. The van der Waals surface area contributed by atoms with Crippen LogP contribution in [0.15, 0.2) is 24.3 Å². The molecule has 23 heavy (non-hydrogen) atoms. The van der Waals surface area contributed by atoms with Crippen molar-refractivity contribution in [2.75, 3.05) is 36.0 Å². The summed E-state index contributed by atoms with van der Waals surface area (Å²) in [7, 11) is -2.95. The van der Waals surface area contributed by atoms with Gasteiger partial charge in [-0.05, 0) is 30.9 Å². The molecule has 6 nitrogen and oxygen atoms in total. The SMILES string of the molecule is O=C(NCCCN1CCc2ccccc21)N[C@@H]1CCS(=O)(=O)C1. The van der Waals surface area contributed by atoms with E-state index < -0.39 is 9.84 Å². The van der Waals surface area contributed by atoms with Gasteiger partial charge in [0, 0.05) is 31.4 Å². The highest BCUT2D eigenvalue weighted by molar-refractivity contribution is 7.91. The van der Waals surface area contributed by atoms with Crippen LogP contribution in [0.3, 0.4) is 0 Å². The number of amides is 2. The lowest BCUT2D eigenvalue weighted by atomic mass is 10.2. The van der Waals surface area contributed by atoms with Gasteiger partial charge in [0.1, 0.15) is 0 Å². The summed E-state index contributed by atoms with van der Waals surface area (Å²) >= 11 is 0. The van der Waals surface area contributed by atoms with E-state index in [-0.39, 0.29) is 23.6 Å². The van der Waals surface area contributed by atoms with Gasteiger partial charge in [-0.15, -0.1) is 0 Å². The molecule has 1 fully saturated rings. The number of rotatable bonds is 5. The molecule has 2 heterocycles. The summed E-state index contributed by atoms with van der Waals surface area (Å²) in [5.74, 6) is 0.233. The van der Waals surface area contributed by atoms with Gasteiger partial charge in [0.25, 0.3) is 0 Å². The van der Waals surface area contributed by atoms with Crippen molar-refractivity contribution in [2.24, 2.45) is 0 Å². The van der Waals surface area contributed by atoms with Crippen molar-refractivity contribution >= 4 is 21.6 Å². The average molecular weight is 337 g/mol. The second kappa shape index (κ2) is 6.78.